The third kappa shape index (κ3) is 3.59. The van der Waals surface area contributed by atoms with Crippen molar-refractivity contribution in [1.29, 1.82) is 0 Å². The summed E-state index contributed by atoms with van der Waals surface area (Å²) in [7, 11) is 1.64. The van der Waals surface area contributed by atoms with E-state index in [4.69, 9.17) is 9.84 Å². The fraction of sp³-hybridized carbons (Fsp3) is 0.167. The van der Waals surface area contributed by atoms with Crippen LogP contribution in [0.25, 0.3) is 22.8 Å². The van der Waals surface area contributed by atoms with Gasteiger partial charge in [-0.05, 0) is 48.2 Å². The van der Waals surface area contributed by atoms with Crippen molar-refractivity contribution in [3.63, 3.8) is 0 Å². The molecule has 0 saturated heterocycles. The van der Waals surface area contributed by atoms with Crippen LogP contribution in [0.3, 0.4) is 0 Å². The van der Waals surface area contributed by atoms with E-state index in [1.165, 1.54) is 0 Å². The molecule has 1 aliphatic heterocycles. The van der Waals surface area contributed by atoms with Crippen LogP contribution in [-0.2, 0) is 16.0 Å². The zero-order chi connectivity index (χ0) is 21.3. The summed E-state index contributed by atoms with van der Waals surface area (Å²) in [5, 5.41) is 11.8. The van der Waals surface area contributed by atoms with E-state index in [0.717, 1.165) is 44.9 Å². The van der Waals surface area contributed by atoms with Gasteiger partial charge in [0.25, 0.3) is 5.91 Å². The van der Waals surface area contributed by atoms with E-state index < -0.39 is 5.97 Å². The topological polar surface area (TPSA) is 91.4 Å². The van der Waals surface area contributed by atoms with E-state index in [0.29, 0.717) is 12.0 Å². The minimum atomic E-state index is -0.828. The standard InChI is InChI=1S/C24H22N2O4/c1-14-16(8-10-23(27)28)13-25-20(14)12-19-18-9-7-15(11-21(18)26-24(19)29)17-5-3-4-6-22(17)30-2/h3-7,9,11-13,25H,8,10H2,1-2H3,(H,26,29)(H,27,28)/b19-12+. The van der Waals surface area contributed by atoms with Gasteiger partial charge in [0.2, 0.25) is 0 Å². The van der Waals surface area contributed by atoms with Gasteiger partial charge in [-0.1, -0.05) is 30.3 Å². The minimum absolute atomic E-state index is 0.0732. The number of carboxylic acid groups (broad SMARTS) is 1. The van der Waals surface area contributed by atoms with Gasteiger partial charge in [0.1, 0.15) is 5.75 Å². The monoisotopic (exact) mass is 402 g/mol. The highest BCUT2D eigenvalue weighted by atomic mass is 16.5. The van der Waals surface area contributed by atoms with Crippen molar-refractivity contribution in [3.05, 3.63) is 71.0 Å². The van der Waals surface area contributed by atoms with Crippen molar-refractivity contribution >= 4 is 29.2 Å². The Morgan fingerprint density at radius 2 is 1.97 bits per heavy atom. The maximum absolute atomic E-state index is 12.6. The van der Waals surface area contributed by atoms with E-state index >= 15 is 0 Å². The Morgan fingerprint density at radius 1 is 1.17 bits per heavy atom. The number of carbonyl (C=O) groups is 2. The largest absolute Gasteiger partial charge is 0.496 e. The number of aliphatic carboxylic acids is 1. The SMILES string of the molecule is COc1ccccc1-c1ccc2c(c1)NC(=O)/C2=C/c1[nH]cc(CCC(=O)O)c1C. The molecule has 1 amide bonds. The van der Waals surface area contributed by atoms with Crippen LogP contribution in [-0.4, -0.2) is 29.1 Å². The molecular weight excluding hydrogens is 380 g/mol. The summed E-state index contributed by atoms with van der Waals surface area (Å²) in [6.45, 7) is 1.93. The predicted octanol–water partition coefficient (Wildman–Crippen LogP) is 4.51. The maximum atomic E-state index is 12.6. The van der Waals surface area contributed by atoms with Gasteiger partial charge in [0.15, 0.2) is 0 Å². The van der Waals surface area contributed by atoms with Crippen LogP contribution >= 0.6 is 0 Å². The summed E-state index contributed by atoms with van der Waals surface area (Å²) < 4.78 is 5.45. The predicted molar refractivity (Wildman–Crippen MR) is 116 cm³/mol. The molecular formula is C24H22N2O4. The Bertz CT molecular complexity index is 1170. The molecule has 1 aromatic heterocycles. The van der Waals surface area contributed by atoms with Crippen LogP contribution in [0.2, 0.25) is 0 Å². The van der Waals surface area contributed by atoms with Gasteiger partial charge in [0.05, 0.1) is 12.7 Å². The molecule has 1 aliphatic rings. The van der Waals surface area contributed by atoms with Crippen molar-refractivity contribution in [1.82, 2.24) is 4.98 Å². The normalized spacial score (nSPS) is 13.9. The Balaban J connectivity index is 1.67. The molecule has 0 radical (unpaired) electrons. The number of aromatic amines is 1. The number of H-pyrrole nitrogens is 1. The Kier molecular flexibility index (Phi) is 5.14. The first kappa shape index (κ1) is 19.5. The Hall–Kier alpha value is -3.80. The third-order valence-electron chi connectivity index (χ3n) is 5.41. The number of carboxylic acids is 1. The average Bonchev–Trinajstić information content (AvgIpc) is 3.25. The first-order valence-corrected chi connectivity index (χ1v) is 9.67. The molecule has 2 aromatic carbocycles. The number of rotatable bonds is 6. The highest BCUT2D eigenvalue weighted by Crippen LogP contribution is 2.38. The van der Waals surface area contributed by atoms with Crippen LogP contribution in [0.5, 0.6) is 5.75 Å². The second-order valence-electron chi connectivity index (χ2n) is 7.22. The number of benzene rings is 2. The highest BCUT2D eigenvalue weighted by molar-refractivity contribution is 6.35. The number of hydrogen-bond acceptors (Lipinski definition) is 3. The lowest BCUT2D eigenvalue weighted by Crippen LogP contribution is -2.03. The van der Waals surface area contributed by atoms with Crippen LogP contribution in [0.15, 0.2) is 48.7 Å². The van der Waals surface area contributed by atoms with Crippen LogP contribution in [0, 0.1) is 6.92 Å². The zero-order valence-corrected chi connectivity index (χ0v) is 16.8. The van der Waals surface area contributed by atoms with E-state index in [2.05, 4.69) is 10.3 Å². The number of hydrogen-bond donors (Lipinski definition) is 3. The van der Waals surface area contributed by atoms with Gasteiger partial charge in [-0.3, -0.25) is 9.59 Å². The third-order valence-corrected chi connectivity index (χ3v) is 5.41. The summed E-state index contributed by atoms with van der Waals surface area (Å²) in [5.41, 5.74) is 6.78. The summed E-state index contributed by atoms with van der Waals surface area (Å²) in [5.74, 6) is -0.220. The van der Waals surface area contributed by atoms with Crippen molar-refractivity contribution in [3.8, 4) is 16.9 Å². The van der Waals surface area contributed by atoms with E-state index in [1.54, 1.807) is 7.11 Å². The molecule has 30 heavy (non-hydrogen) atoms. The van der Waals surface area contributed by atoms with E-state index in [1.807, 2.05) is 61.7 Å². The van der Waals surface area contributed by atoms with Crippen molar-refractivity contribution in [2.24, 2.45) is 0 Å². The Morgan fingerprint density at radius 3 is 2.73 bits per heavy atom. The molecule has 6 nitrogen and oxygen atoms in total. The van der Waals surface area contributed by atoms with Gasteiger partial charge in [-0.15, -0.1) is 0 Å². The number of amides is 1. The summed E-state index contributed by atoms with van der Waals surface area (Å²) in [4.78, 5) is 26.6. The smallest absolute Gasteiger partial charge is 0.303 e. The number of aromatic nitrogens is 1. The van der Waals surface area contributed by atoms with Gasteiger partial charge in [-0.25, -0.2) is 0 Å². The molecule has 0 saturated carbocycles. The number of methoxy groups -OCH3 is 1. The summed E-state index contributed by atoms with van der Waals surface area (Å²) >= 11 is 0. The maximum Gasteiger partial charge on any atom is 0.303 e. The molecule has 0 unspecified atom stereocenters. The van der Waals surface area contributed by atoms with E-state index in [9.17, 15) is 9.59 Å². The summed E-state index contributed by atoms with van der Waals surface area (Å²) in [6, 6.07) is 13.6. The zero-order valence-electron chi connectivity index (χ0n) is 16.8. The lowest BCUT2D eigenvalue weighted by molar-refractivity contribution is -0.137. The lowest BCUT2D eigenvalue weighted by atomic mass is 9.99. The molecule has 0 spiro atoms. The molecule has 3 aromatic rings. The molecule has 3 N–H and O–H groups in total. The van der Waals surface area contributed by atoms with Crippen LogP contribution in [0.1, 0.15) is 28.8 Å². The number of nitrogens with one attached hydrogen (secondary N) is 2. The molecule has 0 atom stereocenters. The average molecular weight is 402 g/mol. The second-order valence-corrected chi connectivity index (χ2v) is 7.22. The van der Waals surface area contributed by atoms with Gasteiger partial charge >= 0.3 is 5.97 Å². The number of carbonyl (C=O) groups excluding carboxylic acids is 1. The number of ether oxygens (including phenoxy) is 1. The molecule has 2 heterocycles. The molecule has 0 bridgehead atoms. The first-order valence-electron chi connectivity index (χ1n) is 9.67. The van der Waals surface area contributed by atoms with Crippen LogP contribution in [0.4, 0.5) is 5.69 Å². The number of fused-ring (bicyclic) bond motifs is 1. The minimum Gasteiger partial charge on any atom is -0.496 e. The first-order chi connectivity index (χ1) is 14.5. The fourth-order valence-corrected chi connectivity index (χ4v) is 3.74. The lowest BCUT2D eigenvalue weighted by Gasteiger charge is -2.09. The van der Waals surface area contributed by atoms with Gasteiger partial charge in [0, 0.05) is 35.1 Å². The fourth-order valence-electron chi connectivity index (χ4n) is 3.74. The number of anilines is 1. The molecule has 0 fully saturated rings. The quantitative estimate of drug-likeness (QED) is 0.529. The van der Waals surface area contributed by atoms with Crippen molar-refractivity contribution in [2.45, 2.75) is 19.8 Å². The number of para-hydroxylation sites is 1. The highest BCUT2D eigenvalue weighted by Gasteiger charge is 2.25. The molecule has 4 rings (SSSR count). The molecule has 152 valence electrons. The van der Waals surface area contributed by atoms with Gasteiger partial charge in [-0.2, -0.15) is 0 Å². The van der Waals surface area contributed by atoms with Crippen LogP contribution < -0.4 is 10.1 Å². The second kappa shape index (κ2) is 7.91. The van der Waals surface area contributed by atoms with Crippen molar-refractivity contribution in [2.75, 3.05) is 12.4 Å². The molecule has 6 heteroatoms. The summed E-state index contributed by atoms with van der Waals surface area (Å²) in [6.07, 6.45) is 4.16. The van der Waals surface area contributed by atoms with E-state index in [-0.39, 0.29) is 12.3 Å². The van der Waals surface area contributed by atoms with Crippen molar-refractivity contribution < 1.29 is 19.4 Å². The molecule has 0 aliphatic carbocycles. The number of aryl methyl sites for hydroxylation is 1. The Labute approximate surface area is 174 Å². The van der Waals surface area contributed by atoms with Gasteiger partial charge < -0.3 is 20.1 Å².